The number of carbonyl (C=O) groups is 1. The first-order valence-electron chi connectivity index (χ1n) is 12.0. The lowest BCUT2D eigenvalue weighted by Crippen LogP contribution is -2.29. The van der Waals surface area contributed by atoms with Crippen LogP contribution >= 0.6 is 0 Å². The predicted octanol–water partition coefficient (Wildman–Crippen LogP) is 5.16. The normalized spacial score (nSPS) is 11.8. The van der Waals surface area contributed by atoms with Crippen molar-refractivity contribution in [2.75, 3.05) is 32.6 Å². The third-order valence-corrected chi connectivity index (χ3v) is 6.25. The first kappa shape index (κ1) is 25.1. The van der Waals surface area contributed by atoms with Gasteiger partial charge in [0, 0.05) is 42.2 Å². The Labute approximate surface area is 211 Å². The van der Waals surface area contributed by atoms with Crippen molar-refractivity contribution in [3.63, 3.8) is 0 Å². The molecule has 2 N–H and O–H groups in total. The van der Waals surface area contributed by atoms with Crippen molar-refractivity contribution in [3.05, 3.63) is 83.2 Å². The average molecular weight is 485 g/mol. The molecule has 1 aromatic heterocycles. The standard InChI is InChI=1S/C29H32N4O3/c1-18-7-6-8-23(15-18)19(2)30-28-25-16-24(27(36-5)17-26(25)31-20(3)32-28)21-9-11-22(12-10-21)29(35)33(4)13-14-34/h6-12,15-17,19,34H,13-14H2,1-5H3,(H,30,31,32)/t19-/m0/s1. The van der Waals surface area contributed by atoms with Gasteiger partial charge in [0.05, 0.1) is 19.2 Å². The molecule has 7 heteroatoms. The zero-order valence-electron chi connectivity index (χ0n) is 21.4. The molecular weight excluding hydrogens is 452 g/mol. The highest BCUT2D eigenvalue weighted by Crippen LogP contribution is 2.36. The van der Waals surface area contributed by atoms with E-state index in [-0.39, 0.29) is 25.1 Å². The lowest BCUT2D eigenvalue weighted by molar-refractivity contribution is 0.0767. The van der Waals surface area contributed by atoms with Gasteiger partial charge in [0.15, 0.2) is 0 Å². The molecule has 0 unspecified atom stereocenters. The first-order chi connectivity index (χ1) is 17.3. The second kappa shape index (κ2) is 10.7. The molecule has 0 saturated carbocycles. The van der Waals surface area contributed by atoms with Crippen molar-refractivity contribution in [3.8, 4) is 16.9 Å². The summed E-state index contributed by atoms with van der Waals surface area (Å²) in [5, 5.41) is 13.6. The Bertz CT molecular complexity index is 1390. The Hall–Kier alpha value is -3.97. The number of aryl methyl sites for hydroxylation is 2. The fraction of sp³-hybridized carbons (Fsp3) is 0.276. The Morgan fingerprint density at radius 2 is 1.83 bits per heavy atom. The number of ether oxygens (including phenoxy) is 1. The minimum Gasteiger partial charge on any atom is -0.496 e. The molecule has 0 bridgehead atoms. The second-order valence-electron chi connectivity index (χ2n) is 9.00. The van der Waals surface area contributed by atoms with Crippen LogP contribution in [0.15, 0.2) is 60.7 Å². The van der Waals surface area contributed by atoms with Crippen LogP contribution in [0.5, 0.6) is 5.75 Å². The summed E-state index contributed by atoms with van der Waals surface area (Å²) in [6.07, 6.45) is 0. The molecule has 186 valence electrons. The first-order valence-corrected chi connectivity index (χ1v) is 12.0. The van der Waals surface area contributed by atoms with Gasteiger partial charge < -0.3 is 20.1 Å². The van der Waals surface area contributed by atoms with Crippen molar-refractivity contribution >= 4 is 22.6 Å². The summed E-state index contributed by atoms with van der Waals surface area (Å²) in [6, 6.07) is 19.8. The van der Waals surface area contributed by atoms with Gasteiger partial charge in [-0.05, 0) is 50.1 Å². The number of aliphatic hydroxyl groups excluding tert-OH is 1. The maximum absolute atomic E-state index is 12.6. The summed E-state index contributed by atoms with van der Waals surface area (Å²) in [5.41, 5.74) is 5.53. The number of nitrogens with one attached hydrogen (secondary N) is 1. The molecule has 36 heavy (non-hydrogen) atoms. The molecule has 4 rings (SSSR count). The van der Waals surface area contributed by atoms with E-state index in [1.54, 1.807) is 26.3 Å². The van der Waals surface area contributed by atoms with Crippen LogP contribution in [0.25, 0.3) is 22.0 Å². The fourth-order valence-corrected chi connectivity index (χ4v) is 4.27. The predicted molar refractivity (Wildman–Crippen MR) is 144 cm³/mol. The molecule has 0 radical (unpaired) electrons. The zero-order chi connectivity index (χ0) is 25.8. The van der Waals surface area contributed by atoms with E-state index in [0.29, 0.717) is 17.1 Å². The quantitative estimate of drug-likeness (QED) is 0.359. The monoisotopic (exact) mass is 484 g/mol. The SMILES string of the molecule is COc1cc2nc(C)nc(N[C@@H](C)c3cccc(C)c3)c2cc1-c1ccc(C(=O)N(C)CCO)cc1. The number of hydrogen-bond acceptors (Lipinski definition) is 6. The number of nitrogens with zero attached hydrogens (tertiary/aromatic N) is 3. The molecule has 0 aliphatic carbocycles. The molecule has 1 amide bonds. The number of fused-ring (bicyclic) bond motifs is 1. The molecule has 0 saturated heterocycles. The van der Waals surface area contributed by atoms with E-state index in [4.69, 9.17) is 14.8 Å². The average Bonchev–Trinajstić information content (AvgIpc) is 2.87. The van der Waals surface area contributed by atoms with Crippen LogP contribution in [0.2, 0.25) is 0 Å². The van der Waals surface area contributed by atoms with Crippen LogP contribution in [0.4, 0.5) is 5.82 Å². The van der Waals surface area contributed by atoms with E-state index in [1.807, 2.05) is 31.2 Å². The number of rotatable bonds is 8. The molecule has 1 atom stereocenters. The minimum absolute atomic E-state index is 0.0501. The summed E-state index contributed by atoms with van der Waals surface area (Å²) in [5.74, 6) is 1.98. The van der Waals surface area contributed by atoms with Gasteiger partial charge in [-0.15, -0.1) is 0 Å². The fourth-order valence-electron chi connectivity index (χ4n) is 4.27. The van der Waals surface area contributed by atoms with Crippen molar-refractivity contribution in [1.29, 1.82) is 0 Å². The Morgan fingerprint density at radius 1 is 1.08 bits per heavy atom. The number of amides is 1. The Balaban J connectivity index is 1.74. The van der Waals surface area contributed by atoms with Gasteiger partial charge >= 0.3 is 0 Å². The van der Waals surface area contributed by atoms with E-state index in [1.165, 1.54) is 16.0 Å². The molecule has 0 aliphatic heterocycles. The van der Waals surface area contributed by atoms with Gasteiger partial charge in [0.2, 0.25) is 0 Å². The maximum Gasteiger partial charge on any atom is 0.253 e. The molecule has 7 nitrogen and oxygen atoms in total. The molecule has 0 fully saturated rings. The number of benzene rings is 3. The van der Waals surface area contributed by atoms with Crippen LogP contribution in [-0.2, 0) is 0 Å². The van der Waals surface area contributed by atoms with Gasteiger partial charge in [0.1, 0.15) is 17.4 Å². The lowest BCUT2D eigenvalue weighted by Gasteiger charge is -2.19. The number of carbonyl (C=O) groups excluding carboxylic acids is 1. The van der Waals surface area contributed by atoms with Crippen molar-refractivity contribution in [2.24, 2.45) is 0 Å². The topological polar surface area (TPSA) is 87.6 Å². The number of anilines is 1. The Kier molecular flexibility index (Phi) is 7.50. The van der Waals surface area contributed by atoms with Crippen molar-refractivity contribution in [1.82, 2.24) is 14.9 Å². The van der Waals surface area contributed by atoms with E-state index >= 15 is 0 Å². The molecule has 0 aliphatic rings. The second-order valence-corrected chi connectivity index (χ2v) is 9.00. The van der Waals surface area contributed by atoms with E-state index in [9.17, 15) is 4.79 Å². The summed E-state index contributed by atoms with van der Waals surface area (Å²) >= 11 is 0. The minimum atomic E-state index is -0.137. The highest BCUT2D eigenvalue weighted by Gasteiger charge is 2.17. The van der Waals surface area contributed by atoms with Crippen molar-refractivity contribution < 1.29 is 14.6 Å². The third-order valence-electron chi connectivity index (χ3n) is 6.25. The molecule has 0 spiro atoms. The van der Waals surface area contributed by atoms with Crippen LogP contribution in [0, 0.1) is 13.8 Å². The number of likely N-dealkylation sites (N-methyl/N-ethyl adjacent to an activating group) is 1. The molecule has 1 heterocycles. The highest BCUT2D eigenvalue weighted by molar-refractivity contribution is 5.97. The van der Waals surface area contributed by atoms with Gasteiger partial charge in [-0.3, -0.25) is 4.79 Å². The number of aromatic nitrogens is 2. The number of hydrogen-bond donors (Lipinski definition) is 2. The zero-order valence-corrected chi connectivity index (χ0v) is 21.4. The van der Waals surface area contributed by atoms with Crippen LogP contribution < -0.4 is 10.1 Å². The van der Waals surface area contributed by atoms with E-state index < -0.39 is 0 Å². The summed E-state index contributed by atoms with van der Waals surface area (Å²) in [4.78, 5) is 23.4. The maximum atomic E-state index is 12.6. The van der Waals surface area contributed by atoms with Crippen LogP contribution in [0.3, 0.4) is 0 Å². The van der Waals surface area contributed by atoms with E-state index in [0.717, 1.165) is 27.8 Å². The summed E-state index contributed by atoms with van der Waals surface area (Å²) in [6.45, 7) is 6.30. The summed E-state index contributed by atoms with van der Waals surface area (Å²) in [7, 11) is 3.31. The van der Waals surface area contributed by atoms with Gasteiger partial charge in [-0.1, -0.05) is 42.0 Å². The largest absolute Gasteiger partial charge is 0.496 e. The smallest absolute Gasteiger partial charge is 0.253 e. The molecule has 3 aromatic carbocycles. The number of aliphatic hydroxyl groups is 1. The van der Waals surface area contributed by atoms with Gasteiger partial charge in [-0.25, -0.2) is 9.97 Å². The van der Waals surface area contributed by atoms with Crippen LogP contribution in [-0.4, -0.2) is 53.2 Å². The molecule has 4 aromatic rings. The highest BCUT2D eigenvalue weighted by atomic mass is 16.5. The van der Waals surface area contributed by atoms with Gasteiger partial charge in [-0.2, -0.15) is 0 Å². The molecular formula is C29H32N4O3. The summed E-state index contributed by atoms with van der Waals surface area (Å²) < 4.78 is 5.72. The number of methoxy groups -OCH3 is 1. The van der Waals surface area contributed by atoms with E-state index in [2.05, 4.69) is 48.4 Å². The Morgan fingerprint density at radius 3 is 2.50 bits per heavy atom. The van der Waals surface area contributed by atoms with Crippen molar-refractivity contribution in [2.45, 2.75) is 26.8 Å². The third kappa shape index (κ3) is 5.31. The lowest BCUT2D eigenvalue weighted by atomic mass is 10.00. The van der Waals surface area contributed by atoms with Gasteiger partial charge in [0.25, 0.3) is 5.91 Å². The van der Waals surface area contributed by atoms with Crippen LogP contribution in [0.1, 0.15) is 40.3 Å².